The van der Waals surface area contributed by atoms with Gasteiger partial charge in [0, 0.05) is 31.9 Å². The number of nitrogens with one attached hydrogen (secondary N) is 1. The molecule has 0 atom stereocenters. The molecule has 5 nitrogen and oxygen atoms in total. The molecule has 2 rings (SSSR count). The Hall–Kier alpha value is -2.31. The second-order valence-corrected chi connectivity index (χ2v) is 5.57. The average Bonchev–Trinajstić information content (AvgIpc) is 2.55. The van der Waals surface area contributed by atoms with Crippen molar-refractivity contribution in [3.05, 3.63) is 59.7 Å². The van der Waals surface area contributed by atoms with E-state index in [1.54, 1.807) is 12.1 Å². The average molecular weight is 312 g/mol. The van der Waals surface area contributed by atoms with Gasteiger partial charge in [0.15, 0.2) is 0 Å². The lowest BCUT2D eigenvalue weighted by Crippen LogP contribution is -2.33. The molecular weight excluding hydrogens is 291 g/mol. The minimum Gasteiger partial charge on any atom is -0.423 e. The van der Waals surface area contributed by atoms with E-state index in [0.717, 1.165) is 17.7 Å². The zero-order chi connectivity index (χ0) is 16.8. The van der Waals surface area contributed by atoms with Gasteiger partial charge in [-0.15, -0.1) is 0 Å². The van der Waals surface area contributed by atoms with Crippen LogP contribution in [-0.4, -0.2) is 43.7 Å². The molecule has 0 aromatic heterocycles. The summed E-state index contributed by atoms with van der Waals surface area (Å²) in [5.74, 6) is -0.230. The summed E-state index contributed by atoms with van der Waals surface area (Å²) in [4.78, 5) is 14.1. The number of rotatable bonds is 6. The van der Waals surface area contributed by atoms with Crippen LogP contribution in [0, 0.1) is 0 Å². The first-order chi connectivity index (χ1) is 11.0. The summed E-state index contributed by atoms with van der Waals surface area (Å²) < 4.78 is 0. The van der Waals surface area contributed by atoms with E-state index in [4.69, 9.17) is 0 Å². The number of hydrogen-bond acceptors (Lipinski definition) is 4. The van der Waals surface area contributed by atoms with Crippen molar-refractivity contribution < 1.29 is 14.8 Å². The predicted octanol–water partition coefficient (Wildman–Crippen LogP) is 0.405. The maximum Gasteiger partial charge on any atom is 0.488 e. The van der Waals surface area contributed by atoms with E-state index in [-0.39, 0.29) is 5.91 Å². The molecule has 0 spiro atoms. The number of carbonyl (C=O) groups excluding carboxylic acids is 1. The van der Waals surface area contributed by atoms with Crippen molar-refractivity contribution in [2.24, 2.45) is 0 Å². The Balaban J connectivity index is 2.06. The Labute approximate surface area is 136 Å². The molecule has 0 aliphatic heterocycles. The first-order valence-corrected chi connectivity index (χ1v) is 7.48. The van der Waals surface area contributed by atoms with Gasteiger partial charge in [0.05, 0.1) is 0 Å². The minimum absolute atomic E-state index is 0.230. The van der Waals surface area contributed by atoms with Gasteiger partial charge in [-0.25, -0.2) is 0 Å². The molecular formula is C17H21BN2O3. The highest BCUT2D eigenvalue weighted by molar-refractivity contribution is 6.58. The number of anilines is 1. The van der Waals surface area contributed by atoms with Crippen LogP contribution in [0.4, 0.5) is 5.69 Å². The van der Waals surface area contributed by atoms with Gasteiger partial charge in [0.2, 0.25) is 0 Å². The Morgan fingerprint density at radius 2 is 1.83 bits per heavy atom. The predicted molar refractivity (Wildman–Crippen MR) is 93.1 cm³/mol. The van der Waals surface area contributed by atoms with Crippen molar-refractivity contribution in [3.8, 4) is 0 Å². The molecule has 2 aromatic carbocycles. The normalized spacial score (nSPS) is 10.3. The SMILES string of the molecule is CN(C)c1cc(B(O)O)cc(C(=O)NCCc2ccccc2)c1. The second-order valence-electron chi connectivity index (χ2n) is 5.57. The van der Waals surface area contributed by atoms with Crippen LogP contribution in [0.25, 0.3) is 0 Å². The summed E-state index contributed by atoms with van der Waals surface area (Å²) in [6.07, 6.45) is 0.745. The zero-order valence-electron chi connectivity index (χ0n) is 13.4. The molecule has 0 aliphatic carbocycles. The molecule has 2 aromatic rings. The van der Waals surface area contributed by atoms with Crippen molar-refractivity contribution in [2.75, 3.05) is 25.5 Å². The maximum absolute atomic E-state index is 12.3. The van der Waals surface area contributed by atoms with E-state index >= 15 is 0 Å². The van der Waals surface area contributed by atoms with Gasteiger partial charge in [0.1, 0.15) is 0 Å². The summed E-state index contributed by atoms with van der Waals surface area (Å²) in [7, 11) is 2.06. The van der Waals surface area contributed by atoms with Crippen molar-refractivity contribution in [2.45, 2.75) is 6.42 Å². The first kappa shape index (κ1) is 17.1. The fourth-order valence-electron chi connectivity index (χ4n) is 2.24. The van der Waals surface area contributed by atoms with Crippen molar-refractivity contribution in [3.63, 3.8) is 0 Å². The topological polar surface area (TPSA) is 72.8 Å². The highest BCUT2D eigenvalue weighted by Crippen LogP contribution is 2.12. The van der Waals surface area contributed by atoms with Gasteiger partial charge in [-0.1, -0.05) is 30.3 Å². The smallest absolute Gasteiger partial charge is 0.423 e. The molecule has 23 heavy (non-hydrogen) atoms. The van der Waals surface area contributed by atoms with Crippen LogP contribution < -0.4 is 15.7 Å². The lowest BCUT2D eigenvalue weighted by molar-refractivity contribution is 0.0954. The van der Waals surface area contributed by atoms with E-state index in [0.29, 0.717) is 17.6 Å². The summed E-state index contributed by atoms with van der Waals surface area (Å²) in [6.45, 7) is 0.520. The molecule has 0 bridgehead atoms. The van der Waals surface area contributed by atoms with E-state index < -0.39 is 7.12 Å². The van der Waals surface area contributed by atoms with Gasteiger partial charge >= 0.3 is 7.12 Å². The fraction of sp³-hybridized carbons (Fsp3) is 0.235. The molecule has 0 radical (unpaired) electrons. The third-order valence-corrected chi connectivity index (χ3v) is 3.56. The first-order valence-electron chi connectivity index (χ1n) is 7.48. The summed E-state index contributed by atoms with van der Waals surface area (Å²) in [5.41, 5.74) is 2.60. The van der Waals surface area contributed by atoms with Crippen LogP contribution in [0.3, 0.4) is 0 Å². The summed E-state index contributed by atoms with van der Waals surface area (Å²) in [6, 6.07) is 14.8. The van der Waals surface area contributed by atoms with Gasteiger partial charge in [0.25, 0.3) is 5.91 Å². The molecule has 0 fully saturated rings. The number of hydrogen-bond donors (Lipinski definition) is 3. The highest BCUT2D eigenvalue weighted by atomic mass is 16.4. The van der Waals surface area contributed by atoms with E-state index in [2.05, 4.69) is 5.32 Å². The van der Waals surface area contributed by atoms with Crippen molar-refractivity contribution in [1.29, 1.82) is 0 Å². The molecule has 0 heterocycles. The largest absolute Gasteiger partial charge is 0.488 e. The molecule has 0 unspecified atom stereocenters. The third-order valence-electron chi connectivity index (χ3n) is 3.56. The summed E-state index contributed by atoms with van der Waals surface area (Å²) >= 11 is 0. The molecule has 0 saturated heterocycles. The number of carbonyl (C=O) groups is 1. The Morgan fingerprint density at radius 1 is 1.13 bits per heavy atom. The fourth-order valence-corrected chi connectivity index (χ4v) is 2.24. The molecule has 0 saturated carbocycles. The van der Waals surface area contributed by atoms with Crippen LogP contribution in [-0.2, 0) is 6.42 Å². The molecule has 6 heteroatoms. The third kappa shape index (κ3) is 4.84. The molecule has 120 valence electrons. The van der Waals surface area contributed by atoms with Crippen LogP contribution >= 0.6 is 0 Å². The standard InChI is InChI=1S/C17H21BN2O3/c1-20(2)16-11-14(10-15(12-16)18(22)23)17(21)19-9-8-13-6-4-3-5-7-13/h3-7,10-12,22-23H,8-9H2,1-2H3,(H,19,21). The van der Waals surface area contributed by atoms with Crippen LogP contribution in [0.5, 0.6) is 0 Å². The van der Waals surface area contributed by atoms with Gasteiger partial charge in [-0.2, -0.15) is 0 Å². The van der Waals surface area contributed by atoms with Gasteiger partial charge in [-0.3, -0.25) is 4.79 Å². The lowest BCUT2D eigenvalue weighted by Gasteiger charge is -2.16. The van der Waals surface area contributed by atoms with Gasteiger partial charge < -0.3 is 20.3 Å². The van der Waals surface area contributed by atoms with Crippen LogP contribution in [0.1, 0.15) is 15.9 Å². The van der Waals surface area contributed by atoms with Gasteiger partial charge in [-0.05, 0) is 35.6 Å². The lowest BCUT2D eigenvalue weighted by atomic mass is 9.79. The van der Waals surface area contributed by atoms with Crippen LogP contribution in [0.2, 0.25) is 0 Å². The minimum atomic E-state index is -1.61. The highest BCUT2D eigenvalue weighted by Gasteiger charge is 2.16. The van der Waals surface area contributed by atoms with E-state index in [1.165, 1.54) is 6.07 Å². The summed E-state index contributed by atoms with van der Waals surface area (Å²) in [5, 5.41) is 21.6. The van der Waals surface area contributed by atoms with E-state index in [1.807, 2.05) is 49.3 Å². The Kier molecular flexibility index (Phi) is 5.79. The Bertz CT molecular complexity index is 634. The zero-order valence-corrected chi connectivity index (χ0v) is 13.4. The van der Waals surface area contributed by atoms with Crippen molar-refractivity contribution >= 4 is 24.2 Å². The number of amides is 1. The second kappa shape index (κ2) is 7.81. The molecule has 1 amide bonds. The monoisotopic (exact) mass is 312 g/mol. The van der Waals surface area contributed by atoms with Crippen LogP contribution in [0.15, 0.2) is 48.5 Å². The Morgan fingerprint density at radius 3 is 2.43 bits per heavy atom. The number of nitrogens with zero attached hydrogens (tertiary/aromatic N) is 1. The quantitative estimate of drug-likeness (QED) is 0.676. The molecule has 3 N–H and O–H groups in total. The van der Waals surface area contributed by atoms with Crippen molar-refractivity contribution in [1.82, 2.24) is 5.32 Å². The van der Waals surface area contributed by atoms with E-state index in [9.17, 15) is 14.8 Å². The molecule has 0 aliphatic rings. The maximum atomic E-state index is 12.3. The number of benzene rings is 2.